The molecule has 0 aromatic carbocycles. The topological polar surface area (TPSA) is 74.3 Å². The summed E-state index contributed by atoms with van der Waals surface area (Å²) in [5, 5.41) is 7.69. The standard InChI is InChI=1S/C16H27N5O2S/c1-2-14-17-16(19-18-14)24-12-15(22)21-5-3-4-13(11-21)10-20-6-8-23-9-7-20/h13H,2-12H2,1H3,(H,17,18,19)/t13-/m1/s1. The lowest BCUT2D eigenvalue weighted by molar-refractivity contribution is -0.130. The molecule has 1 aromatic heterocycles. The maximum atomic E-state index is 12.5. The minimum Gasteiger partial charge on any atom is -0.379 e. The first kappa shape index (κ1) is 17.7. The number of hydrogen-bond donors (Lipinski definition) is 1. The van der Waals surface area contributed by atoms with Crippen molar-refractivity contribution in [2.24, 2.45) is 5.92 Å². The number of nitrogens with zero attached hydrogens (tertiary/aromatic N) is 4. The molecule has 0 aliphatic carbocycles. The van der Waals surface area contributed by atoms with E-state index in [-0.39, 0.29) is 5.91 Å². The van der Waals surface area contributed by atoms with Gasteiger partial charge < -0.3 is 9.64 Å². The van der Waals surface area contributed by atoms with Gasteiger partial charge in [-0.2, -0.15) is 0 Å². The lowest BCUT2D eigenvalue weighted by atomic mass is 9.97. The molecule has 7 nitrogen and oxygen atoms in total. The summed E-state index contributed by atoms with van der Waals surface area (Å²) in [5.41, 5.74) is 0. The van der Waals surface area contributed by atoms with Crippen LogP contribution in [0.2, 0.25) is 0 Å². The Morgan fingerprint density at radius 3 is 2.96 bits per heavy atom. The van der Waals surface area contributed by atoms with E-state index in [2.05, 4.69) is 20.1 Å². The summed E-state index contributed by atoms with van der Waals surface area (Å²) in [5.74, 6) is 2.08. The van der Waals surface area contributed by atoms with E-state index in [1.54, 1.807) is 0 Å². The molecule has 0 spiro atoms. The molecular weight excluding hydrogens is 326 g/mol. The second-order valence-electron chi connectivity index (χ2n) is 6.47. The van der Waals surface area contributed by atoms with E-state index in [4.69, 9.17) is 4.74 Å². The molecule has 1 N–H and O–H groups in total. The fourth-order valence-electron chi connectivity index (χ4n) is 3.31. The summed E-state index contributed by atoms with van der Waals surface area (Å²) < 4.78 is 5.41. The first-order chi connectivity index (χ1) is 11.7. The van der Waals surface area contributed by atoms with Crippen molar-refractivity contribution in [2.45, 2.75) is 31.3 Å². The third-order valence-electron chi connectivity index (χ3n) is 4.66. The molecule has 24 heavy (non-hydrogen) atoms. The molecule has 3 heterocycles. The smallest absolute Gasteiger partial charge is 0.233 e. The number of aromatic nitrogens is 3. The van der Waals surface area contributed by atoms with Gasteiger partial charge in [0.05, 0.1) is 19.0 Å². The summed E-state index contributed by atoms with van der Waals surface area (Å²) in [6.45, 7) is 8.59. The normalized spacial score (nSPS) is 22.7. The second kappa shape index (κ2) is 8.82. The molecule has 2 saturated heterocycles. The van der Waals surface area contributed by atoms with Crippen LogP contribution in [0.5, 0.6) is 0 Å². The molecule has 0 bridgehead atoms. The second-order valence-corrected chi connectivity index (χ2v) is 7.41. The fraction of sp³-hybridized carbons (Fsp3) is 0.812. The van der Waals surface area contributed by atoms with Gasteiger partial charge in [0.15, 0.2) is 0 Å². The monoisotopic (exact) mass is 353 g/mol. The number of carbonyl (C=O) groups excluding carboxylic acids is 1. The quantitative estimate of drug-likeness (QED) is 0.770. The first-order valence-corrected chi connectivity index (χ1v) is 9.85. The molecule has 1 amide bonds. The van der Waals surface area contributed by atoms with Gasteiger partial charge in [-0.15, -0.1) is 5.10 Å². The van der Waals surface area contributed by atoms with Gasteiger partial charge in [0.25, 0.3) is 0 Å². The number of hydrogen-bond acceptors (Lipinski definition) is 6. The van der Waals surface area contributed by atoms with E-state index >= 15 is 0 Å². The number of likely N-dealkylation sites (tertiary alicyclic amines) is 1. The zero-order valence-electron chi connectivity index (χ0n) is 14.4. The van der Waals surface area contributed by atoms with E-state index in [9.17, 15) is 4.79 Å². The number of nitrogens with one attached hydrogen (secondary N) is 1. The number of piperidine rings is 1. The van der Waals surface area contributed by atoms with Gasteiger partial charge in [-0.25, -0.2) is 4.98 Å². The highest BCUT2D eigenvalue weighted by atomic mass is 32.2. The van der Waals surface area contributed by atoms with Crippen molar-refractivity contribution in [1.82, 2.24) is 25.0 Å². The third kappa shape index (κ3) is 4.94. The molecule has 2 aliphatic rings. The molecule has 2 fully saturated rings. The molecule has 2 aliphatic heterocycles. The lowest BCUT2D eigenvalue weighted by Crippen LogP contribution is -2.46. The summed E-state index contributed by atoms with van der Waals surface area (Å²) in [6, 6.07) is 0. The van der Waals surface area contributed by atoms with Crippen LogP contribution in [0.15, 0.2) is 5.16 Å². The molecule has 1 atom stereocenters. The van der Waals surface area contributed by atoms with Crippen LogP contribution in [0.25, 0.3) is 0 Å². The van der Waals surface area contributed by atoms with E-state index in [0.29, 0.717) is 16.8 Å². The summed E-state index contributed by atoms with van der Waals surface area (Å²) in [7, 11) is 0. The molecule has 0 unspecified atom stereocenters. The van der Waals surface area contributed by atoms with E-state index in [0.717, 1.165) is 64.6 Å². The Labute approximate surface area is 147 Å². The van der Waals surface area contributed by atoms with Crippen molar-refractivity contribution >= 4 is 17.7 Å². The number of amides is 1. The van der Waals surface area contributed by atoms with Crippen molar-refractivity contribution in [3.8, 4) is 0 Å². The minimum atomic E-state index is 0.203. The maximum absolute atomic E-state index is 12.5. The summed E-state index contributed by atoms with van der Waals surface area (Å²) in [6.07, 6.45) is 3.15. The molecule has 134 valence electrons. The number of morpholine rings is 1. The van der Waals surface area contributed by atoms with Gasteiger partial charge in [0.1, 0.15) is 5.82 Å². The number of aryl methyl sites for hydroxylation is 1. The number of thioether (sulfide) groups is 1. The average Bonchev–Trinajstić information content (AvgIpc) is 3.09. The van der Waals surface area contributed by atoms with Crippen molar-refractivity contribution in [2.75, 3.05) is 51.7 Å². The minimum absolute atomic E-state index is 0.203. The number of carbonyl (C=O) groups is 1. The van der Waals surface area contributed by atoms with Crippen LogP contribution in [-0.4, -0.2) is 82.6 Å². The average molecular weight is 353 g/mol. The van der Waals surface area contributed by atoms with Crippen molar-refractivity contribution in [1.29, 1.82) is 0 Å². The van der Waals surface area contributed by atoms with E-state index < -0.39 is 0 Å². The molecule has 0 radical (unpaired) electrons. The van der Waals surface area contributed by atoms with Crippen molar-refractivity contribution in [3.63, 3.8) is 0 Å². The largest absolute Gasteiger partial charge is 0.379 e. The Kier molecular flexibility index (Phi) is 6.51. The highest BCUT2D eigenvalue weighted by Crippen LogP contribution is 2.20. The van der Waals surface area contributed by atoms with Crippen LogP contribution in [0.4, 0.5) is 0 Å². The van der Waals surface area contributed by atoms with Crippen molar-refractivity contribution < 1.29 is 9.53 Å². The van der Waals surface area contributed by atoms with Crippen LogP contribution < -0.4 is 0 Å². The Bertz CT molecular complexity index is 532. The third-order valence-corrected chi connectivity index (χ3v) is 5.49. The Balaban J connectivity index is 1.43. The van der Waals surface area contributed by atoms with Crippen LogP contribution in [0, 0.1) is 5.92 Å². The highest BCUT2D eigenvalue weighted by Gasteiger charge is 2.26. The van der Waals surface area contributed by atoms with Gasteiger partial charge in [0.2, 0.25) is 11.1 Å². The molecule has 0 saturated carbocycles. The van der Waals surface area contributed by atoms with E-state index in [1.807, 2.05) is 11.8 Å². The summed E-state index contributed by atoms with van der Waals surface area (Å²) in [4.78, 5) is 21.3. The van der Waals surface area contributed by atoms with Crippen LogP contribution in [-0.2, 0) is 16.0 Å². The predicted molar refractivity (Wildman–Crippen MR) is 93.0 cm³/mol. The number of ether oxygens (including phenoxy) is 1. The van der Waals surface area contributed by atoms with Gasteiger partial charge in [0, 0.05) is 39.1 Å². The SMILES string of the molecule is CCc1nc(SCC(=O)N2CCC[C@H](CN3CCOCC3)C2)n[nH]1. The maximum Gasteiger partial charge on any atom is 0.233 e. The zero-order chi connectivity index (χ0) is 16.8. The highest BCUT2D eigenvalue weighted by molar-refractivity contribution is 7.99. The zero-order valence-corrected chi connectivity index (χ0v) is 15.2. The van der Waals surface area contributed by atoms with Gasteiger partial charge in [-0.3, -0.25) is 14.8 Å². The number of H-pyrrole nitrogens is 1. The predicted octanol–water partition coefficient (Wildman–Crippen LogP) is 1.03. The van der Waals surface area contributed by atoms with E-state index in [1.165, 1.54) is 18.2 Å². The number of aromatic amines is 1. The lowest BCUT2D eigenvalue weighted by Gasteiger charge is -2.36. The van der Waals surface area contributed by atoms with Crippen LogP contribution in [0.3, 0.4) is 0 Å². The number of rotatable bonds is 6. The van der Waals surface area contributed by atoms with Gasteiger partial charge >= 0.3 is 0 Å². The molecule has 8 heteroatoms. The Morgan fingerprint density at radius 2 is 2.21 bits per heavy atom. The Hall–Kier alpha value is -1.12. The van der Waals surface area contributed by atoms with Gasteiger partial charge in [-0.05, 0) is 18.8 Å². The van der Waals surface area contributed by atoms with Gasteiger partial charge in [-0.1, -0.05) is 18.7 Å². The summed E-state index contributed by atoms with van der Waals surface area (Å²) >= 11 is 1.42. The molecule has 3 rings (SSSR count). The fourth-order valence-corrected chi connectivity index (χ4v) is 4.03. The molecular formula is C16H27N5O2S. The molecule has 1 aromatic rings. The van der Waals surface area contributed by atoms with Crippen LogP contribution in [0.1, 0.15) is 25.6 Å². The first-order valence-electron chi connectivity index (χ1n) is 8.86. The Morgan fingerprint density at radius 1 is 1.38 bits per heavy atom. The van der Waals surface area contributed by atoms with Crippen LogP contribution >= 0.6 is 11.8 Å². The van der Waals surface area contributed by atoms with Crippen molar-refractivity contribution in [3.05, 3.63) is 5.82 Å².